The number of hydrogen-bond donors (Lipinski definition) is 0. The maximum absolute atomic E-state index is 6.51. The number of nitrogens with zero attached hydrogens (tertiary/aromatic N) is 3. The van der Waals surface area contributed by atoms with Gasteiger partial charge in [0.2, 0.25) is 0 Å². The van der Waals surface area contributed by atoms with Gasteiger partial charge in [-0.1, -0.05) is 164 Å². The second-order valence-corrected chi connectivity index (χ2v) is 15.0. The van der Waals surface area contributed by atoms with Gasteiger partial charge in [-0.05, 0) is 57.6 Å². The summed E-state index contributed by atoms with van der Waals surface area (Å²) < 4.78 is 9.09. The van der Waals surface area contributed by atoms with Crippen LogP contribution in [0.3, 0.4) is 0 Å². The molecule has 0 radical (unpaired) electrons. The molecule has 5 heteroatoms. The Hall–Kier alpha value is -7.21. The highest BCUT2D eigenvalue weighted by Gasteiger charge is 2.20. The highest BCUT2D eigenvalue weighted by molar-refractivity contribution is 7.26. The summed E-state index contributed by atoms with van der Waals surface area (Å²) in [5.41, 5.74) is 11.2. The van der Waals surface area contributed by atoms with Gasteiger partial charge in [0.25, 0.3) is 0 Å². The molecular formula is C51H31N3OS. The van der Waals surface area contributed by atoms with Crippen LogP contribution in [0.25, 0.3) is 110 Å². The molecule has 3 aromatic heterocycles. The van der Waals surface area contributed by atoms with Gasteiger partial charge < -0.3 is 4.42 Å². The molecule has 3 heterocycles. The van der Waals surface area contributed by atoms with Crippen molar-refractivity contribution in [2.45, 2.75) is 0 Å². The van der Waals surface area contributed by atoms with Crippen LogP contribution in [0.15, 0.2) is 192 Å². The monoisotopic (exact) mass is 733 g/mol. The molecule has 11 aromatic rings. The lowest BCUT2D eigenvalue weighted by Crippen LogP contribution is -2.00. The smallest absolute Gasteiger partial charge is 0.164 e. The van der Waals surface area contributed by atoms with E-state index in [1.807, 2.05) is 41.7 Å². The summed E-state index contributed by atoms with van der Waals surface area (Å²) in [6.45, 7) is 0. The quantitative estimate of drug-likeness (QED) is 0.171. The van der Waals surface area contributed by atoms with Gasteiger partial charge in [0.05, 0.1) is 0 Å². The zero-order valence-electron chi connectivity index (χ0n) is 30.1. The molecule has 262 valence electrons. The van der Waals surface area contributed by atoms with E-state index in [-0.39, 0.29) is 0 Å². The van der Waals surface area contributed by atoms with Crippen LogP contribution in [-0.2, 0) is 0 Å². The third-order valence-electron chi connectivity index (χ3n) is 10.6. The molecule has 0 amide bonds. The molecule has 0 aliphatic heterocycles. The van der Waals surface area contributed by atoms with Crippen LogP contribution in [0.5, 0.6) is 0 Å². The Balaban J connectivity index is 1.10. The minimum Gasteiger partial charge on any atom is -0.456 e. The van der Waals surface area contributed by atoms with Crippen molar-refractivity contribution in [2.75, 3.05) is 0 Å². The Morgan fingerprint density at radius 3 is 1.64 bits per heavy atom. The van der Waals surface area contributed by atoms with Crippen LogP contribution in [0.2, 0.25) is 0 Å². The molecule has 8 aromatic carbocycles. The highest BCUT2D eigenvalue weighted by atomic mass is 32.1. The third kappa shape index (κ3) is 5.48. The standard InChI is InChI=1S/C51H31N3OS/c1-3-13-32(14-4-1)36-17-9-18-37(31-36)50-52-49(35-29-27-34(28-30-35)39-21-10-22-41-40-19-7-8-26-45(40)56-48(39)41)53-51(54-50)42-23-12-25-44-47(42)46-38(20-11-24-43(46)55-44)33-15-5-2-6-16-33/h1-31H. The molecule has 0 N–H and O–H groups in total. The van der Waals surface area contributed by atoms with Crippen molar-refractivity contribution >= 4 is 53.4 Å². The zero-order valence-corrected chi connectivity index (χ0v) is 30.9. The summed E-state index contributed by atoms with van der Waals surface area (Å²) in [5.74, 6) is 1.80. The Bertz CT molecular complexity index is 3240. The van der Waals surface area contributed by atoms with Crippen molar-refractivity contribution in [1.29, 1.82) is 0 Å². The van der Waals surface area contributed by atoms with Gasteiger partial charge in [-0.15, -0.1) is 11.3 Å². The average Bonchev–Trinajstić information content (AvgIpc) is 3.86. The molecule has 11 rings (SSSR count). The molecule has 0 bridgehead atoms. The number of benzene rings is 8. The van der Waals surface area contributed by atoms with E-state index in [4.69, 9.17) is 19.4 Å². The molecule has 0 atom stereocenters. The molecule has 0 aliphatic rings. The number of hydrogen-bond acceptors (Lipinski definition) is 5. The summed E-state index contributed by atoms with van der Waals surface area (Å²) in [5, 5.41) is 4.60. The van der Waals surface area contributed by atoms with E-state index >= 15 is 0 Å². The largest absolute Gasteiger partial charge is 0.456 e. The molecule has 0 unspecified atom stereocenters. The second-order valence-electron chi connectivity index (χ2n) is 13.9. The van der Waals surface area contributed by atoms with E-state index < -0.39 is 0 Å². The summed E-state index contributed by atoms with van der Waals surface area (Å²) in [6, 6.07) is 65.5. The fraction of sp³-hybridized carbons (Fsp3) is 0. The lowest BCUT2D eigenvalue weighted by molar-refractivity contribution is 0.669. The second kappa shape index (κ2) is 13.3. The van der Waals surface area contributed by atoms with Crippen molar-refractivity contribution in [1.82, 2.24) is 15.0 Å². The molecule has 0 fully saturated rings. The van der Waals surface area contributed by atoms with Crippen LogP contribution in [0.4, 0.5) is 0 Å². The third-order valence-corrected chi connectivity index (χ3v) is 11.8. The van der Waals surface area contributed by atoms with Crippen LogP contribution >= 0.6 is 11.3 Å². The summed E-state index contributed by atoms with van der Waals surface area (Å²) in [4.78, 5) is 15.6. The topological polar surface area (TPSA) is 51.8 Å². The SMILES string of the molecule is c1ccc(-c2cccc(-c3nc(-c4ccc(-c5cccc6c5sc5ccccc56)cc4)nc(-c4cccc5oc6cccc(-c7ccccc7)c6c45)n3)c2)cc1. The maximum atomic E-state index is 6.51. The average molecular weight is 734 g/mol. The first-order chi connectivity index (χ1) is 27.7. The van der Waals surface area contributed by atoms with Crippen molar-refractivity contribution < 1.29 is 4.42 Å². The summed E-state index contributed by atoms with van der Waals surface area (Å²) in [6.07, 6.45) is 0. The van der Waals surface area contributed by atoms with Crippen LogP contribution in [0, 0.1) is 0 Å². The summed E-state index contributed by atoms with van der Waals surface area (Å²) in [7, 11) is 0. The molecule has 0 spiro atoms. The molecule has 4 nitrogen and oxygen atoms in total. The van der Waals surface area contributed by atoms with Crippen LogP contribution < -0.4 is 0 Å². The van der Waals surface area contributed by atoms with Gasteiger partial charge in [-0.3, -0.25) is 0 Å². The Morgan fingerprint density at radius 2 is 0.857 bits per heavy atom. The van der Waals surface area contributed by atoms with Crippen molar-refractivity contribution in [3.05, 3.63) is 188 Å². The summed E-state index contributed by atoms with van der Waals surface area (Å²) >= 11 is 1.84. The van der Waals surface area contributed by atoms with Gasteiger partial charge in [0, 0.05) is 47.6 Å². The molecule has 0 saturated heterocycles. The predicted molar refractivity (Wildman–Crippen MR) is 233 cm³/mol. The van der Waals surface area contributed by atoms with E-state index in [9.17, 15) is 0 Å². The van der Waals surface area contributed by atoms with Crippen LogP contribution in [0.1, 0.15) is 0 Å². The van der Waals surface area contributed by atoms with Gasteiger partial charge >= 0.3 is 0 Å². The zero-order chi connectivity index (χ0) is 37.0. The molecule has 56 heavy (non-hydrogen) atoms. The van der Waals surface area contributed by atoms with Gasteiger partial charge in [0.1, 0.15) is 11.2 Å². The van der Waals surface area contributed by atoms with Gasteiger partial charge in [-0.25, -0.2) is 15.0 Å². The maximum Gasteiger partial charge on any atom is 0.164 e. The number of thiophene rings is 1. The van der Waals surface area contributed by atoms with E-state index in [0.717, 1.165) is 66.4 Å². The Labute approximate surface area is 327 Å². The van der Waals surface area contributed by atoms with Crippen molar-refractivity contribution in [3.63, 3.8) is 0 Å². The minimum atomic E-state index is 0.588. The number of rotatable bonds is 6. The van der Waals surface area contributed by atoms with E-state index in [2.05, 4.69) is 158 Å². The van der Waals surface area contributed by atoms with Crippen LogP contribution in [-0.4, -0.2) is 15.0 Å². The van der Waals surface area contributed by atoms with Gasteiger partial charge in [-0.2, -0.15) is 0 Å². The lowest BCUT2D eigenvalue weighted by Gasteiger charge is -2.11. The Morgan fingerprint density at radius 1 is 0.339 bits per heavy atom. The lowest BCUT2D eigenvalue weighted by atomic mass is 9.97. The van der Waals surface area contributed by atoms with E-state index in [1.54, 1.807) is 0 Å². The molecule has 0 saturated carbocycles. The fourth-order valence-corrected chi connectivity index (χ4v) is 9.15. The van der Waals surface area contributed by atoms with Crippen molar-refractivity contribution in [3.8, 4) is 67.5 Å². The predicted octanol–water partition coefficient (Wildman–Crippen LogP) is 14.1. The minimum absolute atomic E-state index is 0.588. The molecule has 0 aliphatic carbocycles. The number of aromatic nitrogens is 3. The van der Waals surface area contributed by atoms with Crippen molar-refractivity contribution in [2.24, 2.45) is 0 Å². The number of furan rings is 1. The first kappa shape index (κ1) is 32.2. The fourth-order valence-electron chi connectivity index (χ4n) is 7.91. The number of fused-ring (bicyclic) bond motifs is 6. The first-order valence-corrected chi connectivity index (χ1v) is 19.5. The van der Waals surface area contributed by atoms with E-state index in [0.29, 0.717) is 17.5 Å². The van der Waals surface area contributed by atoms with E-state index in [1.165, 1.54) is 25.7 Å². The first-order valence-electron chi connectivity index (χ1n) is 18.7. The van der Waals surface area contributed by atoms with Gasteiger partial charge in [0.15, 0.2) is 17.5 Å². The highest BCUT2D eigenvalue weighted by Crippen LogP contribution is 2.43. The Kier molecular flexibility index (Phi) is 7.64. The normalized spacial score (nSPS) is 11.6. The molecular weight excluding hydrogens is 703 g/mol.